The highest BCUT2D eigenvalue weighted by atomic mass is 32.2. The van der Waals surface area contributed by atoms with E-state index < -0.39 is 0 Å². The van der Waals surface area contributed by atoms with Crippen LogP contribution in [0.5, 0.6) is 0 Å². The zero-order valence-corrected chi connectivity index (χ0v) is 13.4. The number of hydrogen-bond donors (Lipinski definition) is 1. The van der Waals surface area contributed by atoms with Crippen LogP contribution in [0.25, 0.3) is 11.4 Å². The summed E-state index contributed by atoms with van der Waals surface area (Å²) in [5.74, 6) is 1.89. The van der Waals surface area contributed by atoms with E-state index in [-0.39, 0.29) is 5.54 Å². The molecule has 0 spiro atoms. The Morgan fingerprint density at radius 2 is 1.89 bits per heavy atom. The van der Waals surface area contributed by atoms with Gasteiger partial charge < -0.3 is 5.32 Å². The molecule has 1 heterocycles. The van der Waals surface area contributed by atoms with E-state index in [1.807, 2.05) is 11.8 Å². The molecule has 0 unspecified atom stereocenters. The zero-order chi connectivity index (χ0) is 13.9. The van der Waals surface area contributed by atoms with Gasteiger partial charge in [0.05, 0.1) is 0 Å². The Kier molecular flexibility index (Phi) is 4.47. The summed E-state index contributed by atoms with van der Waals surface area (Å²) in [6, 6.07) is 8.42. The minimum absolute atomic E-state index is 0.0123. The van der Waals surface area contributed by atoms with Crippen molar-refractivity contribution in [1.82, 2.24) is 9.36 Å². The SMILES string of the molecule is CCSc1ccc(-c2nsc(NC(C)(C)C)n2)cc1. The van der Waals surface area contributed by atoms with Crippen LogP contribution < -0.4 is 5.32 Å². The lowest BCUT2D eigenvalue weighted by Crippen LogP contribution is -2.25. The first-order valence-corrected chi connectivity index (χ1v) is 8.09. The average Bonchev–Trinajstić information content (AvgIpc) is 2.76. The molecule has 0 radical (unpaired) electrons. The molecule has 0 aliphatic heterocycles. The van der Waals surface area contributed by atoms with Crippen molar-refractivity contribution >= 4 is 28.4 Å². The Bertz CT molecular complexity index is 526. The third-order valence-electron chi connectivity index (χ3n) is 2.33. The Morgan fingerprint density at radius 3 is 2.47 bits per heavy atom. The van der Waals surface area contributed by atoms with Crippen LogP contribution in [-0.4, -0.2) is 20.6 Å². The van der Waals surface area contributed by atoms with Crippen LogP contribution in [0.2, 0.25) is 0 Å². The molecule has 5 heteroatoms. The summed E-state index contributed by atoms with van der Waals surface area (Å²) >= 11 is 3.25. The van der Waals surface area contributed by atoms with Crippen molar-refractivity contribution in [1.29, 1.82) is 0 Å². The Morgan fingerprint density at radius 1 is 1.21 bits per heavy atom. The van der Waals surface area contributed by atoms with Gasteiger partial charge in [0.1, 0.15) is 0 Å². The van der Waals surface area contributed by atoms with Crippen molar-refractivity contribution < 1.29 is 0 Å². The third-order valence-corrected chi connectivity index (χ3v) is 3.86. The van der Waals surface area contributed by atoms with Crippen LogP contribution >= 0.6 is 23.3 Å². The molecular formula is C14H19N3S2. The van der Waals surface area contributed by atoms with Crippen molar-refractivity contribution in [2.24, 2.45) is 0 Å². The molecule has 3 nitrogen and oxygen atoms in total. The predicted molar refractivity (Wildman–Crippen MR) is 85.1 cm³/mol. The van der Waals surface area contributed by atoms with Gasteiger partial charge in [0.2, 0.25) is 5.13 Å². The standard InChI is InChI=1S/C14H19N3S2/c1-5-18-11-8-6-10(7-9-11)12-15-13(19-17-12)16-14(2,3)4/h6-9H,5H2,1-4H3,(H,15,16,17). The summed E-state index contributed by atoms with van der Waals surface area (Å²) in [6.07, 6.45) is 0. The normalized spacial score (nSPS) is 11.6. The third kappa shape index (κ3) is 4.21. The van der Waals surface area contributed by atoms with Crippen molar-refractivity contribution in [2.45, 2.75) is 38.1 Å². The van der Waals surface area contributed by atoms with E-state index in [1.54, 1.807) is 0 Å². The molecule has 2 rings (SSSR count). The molecule has 0 saturated heterocycles. The fraction of sp³-hybridized carbons (Fsp3) is 0.429. The molecule has 0 amide bonds. The predicted octanol–water partition coefficient (Wildman–Crippen LogP) is 4.53. The van der Waals surface area contributed by atoms with Crippen LogP contribution in [0.3, 0.4) is 0 Å². The van der Waals surface area contributed by atoms with Gasteiger partial charge in [-0.2, -0.15) is 9.36 Å². The number of aromatic nitrogens is 2. The van der Waals surface area contributed by atoms with E-state index in [9.17, 15) is 0 Å². The smallest absolute Gasteiger partial charge is 0.203 e. The molecule has 0 atom stereocenters. The first-order chi connectivity index (χ1) is 8.98. The summed E-state index contributed by atoms with van der Waals surface area (Å²) < 4.78 is 4.41. The Labute approximate surface area is 123 Å². The molecule has 0 bridgehead atoms. The maximum absolute atomic E-state index is 4.53. The summed E-state index contributed by atoms with van der Waals surface area (Å²) in [4.78, 5) is 5.82. The summed E-state index contributed by atoms with van der Waals surface area (Å²) in [5, 5.41) is 4.21. The van der Waals surface area contributed by atoms with E-state index in [1.165, 1.54) is 16.4 Å². The monoisotopic (exact) mass is 293 g/mol. The molecule has 1 aromatic heterocycles. The minimum atomic E-state index is 0.0123. The van der Waals surface area contributed by atoms with Gasteiger partial charge in [0.15, 0.2) is 5.82 Å². The van der Waals surface area contributed by atoms with E-state index >= 15 is 0 Å². The topological polar surface area (TPSA) is 37.8 Å². The lowest BCUT2D eigenvalue weighted by Gasteiger charge is -2.18. The van der Waals surface area contributed by atoms with Gasteiger partial charge in [0.25, 0.3) is 0 Å². The van der Waals surface area contributed by atoms with Gasteiger partial charge in [-0.05, 0) is 38.7 Å². The lowest BCUT2D eigenvalue weighted by atomic mass is 10.1. The van der Waals surface area contributed by atoms with E-state index in [4.69, 9.17) is 0 Å². The summed E-state index contributed by atoms with van der Waals surface area (Å²) in [7, 11) is 0. The maximum atomic E-state index is 4.53. The van der Waals surface area contributed by atoms with Gasteiger partial charge in [0, 0.05) is 27.5 Å². The summed E-state index contributed by atoms with van der Waals surface area (Å²) in [6.45, 7) is 8.51. The number of hydrogen-bond acceptors (Lipinski definition) is 5. The molecule has 0 saturated carbocycles. The maximum Gasteiger partial charge on any atom is 0.203 e. The van der Waals surface area contributed by atoms with Crippen molar-refractivity contribution in [3.8, 4) is 11.4 Å². The highest BCUT2D eigenvalue weighted by molar-refractivity contribution is 7.99. The van der Waals surface area contributed by atoms with Gasteiger partial charge in [-0.25, -0.2) is 0 Å². The van der Waals surface area contributed by atoms with Crippen LogP contribution in [0.15, 0.2) is 29.2 Å². The fourth-order valence-electron chi connectivity index (χ4n) is 1.58. The van der Waals surface area contributed by atoms with Gasteiger partial charge in [-0.1, -0.05) is 19.1 Å². The van der Waals surface area contributed by atoms with E-state index in [2.05, 4.69) is 66.6 Å². The highest BCUT2D eigenvalue weighted by Gasteiger charge is 2.13. The van der Waals surface area contributed by atoms with Crippen molar-refractivity contribution in [3.63, 3.8) is 0 Å². The van der Waals surface area contributed by atoms with E-state index in [0.717, 1.165) is 22.3 Å². The molecule has 19 heavy (non-hydrogen) atoms. The second-order valence-corrected chi connectivity index (χ2v) is 7.34. The van der Waals surface area contributed by atoms with Crippen molar-refractivity contribution in [3.05, 3.63) is 24.3 Å². The van der Waals surface area contributed by atoms with Crippen LogP contribution in [-0.2, 0) is 0 Å². The highest BCUT2D eigenvalue weighted by Crippen LogP contribution is 2.25. The summed E-state index contributed by atoms with van der Waals surface area (Å²) in [5.41, 5.74) is 1.08. The molecule has 102 valence electrons. The van der Waals surface area contributed by atoms with Gasteiger partial charge in [-0.15, -0.1) is 11.8 Å². The number of nitrogens with one attached hydrogen (secondary N) is 1. The zero-order valence-electron chi connectivity index (χ0n) is 11.7. The lowest BCUT2D eigenvalue weighted by molar-refractivity contribution is 0.633. The van der Waals surface area contributed by atoms with Crippen molar-refractivity contribution in [2.75, 3.05) is 11.1 Å². The fourth-order valence-corrected chi connectivity index (χ4v) is 3.04. The Balaban J connectivity index is 2.13. The first-order valence-electron chi connectivity index (χ1n) is 6.33. The number of anilines is 1. The van der Waals surface area contributed by atoms with Crippen LogP contribution in [0.1, 0.15) is 27.7 Å². The van der Waals surface area contributed by atoms with E-state index in [0.29, 0.717) is 0 Å². The number of nitrogens with zero attached hydrogens (tertiary/aromatic N) is 2. The largest absolute Gasteiger partial charge is 0.356 e. The molecule has 1 N–H and O–H groups in total. The molecule has 0 fully saturated rings. The minimum Gasteiger partial charge on any atom is -0.356 e. The Hall–Kier alpha value is -1.07. The number of thioether (sulfide) groups is 1. The molecule has 0 aliphatic rings. The second-order valence-electron chi connectivity index (χ2n) is 5.26. The number of rotatable bonds is 4. The molecule has 1 aromatic carbocycles. The average molecular weight is 293 g/mol. The molecular weight excluding hydrogens is 274 g/mol. The first kappa shape index (κ1) is 14.3. The molecule has 0 aliphatic carbocycles. The van der Waals surface area contributed by atoms with Gasteiger partial charge in [-0.3, -0.25) is 0 Å². The number of benzene rings is 1. The van der Waals surface area contributed by atoms with Crippen LogP contribution in [0.4, 0.5) is 5.13 Å². The second kappa shape index (κ2) is 5.92. The quantitative estimate of drug-likeness (QED) is 0.841. The molecule has 2 aromatic rings. The van der Waals surface area contributed by atoms with Crippen LogP contribution in [0, 0.1) is 0 Å². The van der Waals surface area contributed by atoms with Gasteiger partial charge >= 0.3 is 0 Å².